The van der Waals surface area contributed by atoms with Crippen LogP contribution in [0.4, 0.5) is 0 Å². The van der Waals surface area contributed by atoms with Crippen LogP contribution in [0.5, 0.6) is 0 Å². The van der Waals surface area contributed by atoms with Crippen LogP contribution in [0.2, 0.25) is 0 Å². The third kappa shape index (κ3) is 3.43. The summed E-state index contributed by atoms with van der Waals surface area (Å²) in [4.78, 5) is 4.99. The van der Waals surface area contributed by atoms with Crippen LogP contribution in [0, 0.1) is 0 Å². The largest absolute Gasteiger partial charge is 0.315 e. The third-order valence-corrected chi connectivity index (χ3v) is 6.14. The van der Waals surface area contributed by atoms with Crippen LogP contribution in [0.15, 0.2) is 40.9 Å². The summed E-state index contributed by atoms with van der Waals surface area (Å²) in [6, 6.07) is 7.16. The van der Waals surface area contributed by atoms with Gasteiger partial charge in [-0.2, -0.15) is 4.31 Å². The van der Waals surface area contributed by atoms with Crippen LogP contribution in [-0.2, 0) is 23.1 Å². The molecule has 0 radical (unpaired) electrons. The van der Waals surface area contributed by atoms with Gasteiger partial charge in [-0.15, -0.1) is 11.3 Å². The van der Waals surface area contributed by atoms with Crippen LogP contribution in [0.1, 0.15) is 10.4 Å². The Balaban J connectivity index is 2.16. The van der Waals surface area contributed by atoms with Gasteiger partial charge in [0.05, 0.1) is 0 Å². The average Bonchev–Trinajstić information content (AvgIpc) is 2.89. The van der Waals surface area contributed by atoms with E-state index in [2.05, 4.69) is 10.3 Å². The van der Waals surface area contributed by atoms with Gasteiger partial charge in [0.25, 0.3) is 10.0 Å². The minimum atomic E-state index is -3.44. The molecule has 2 aromatic heterocycles. The molecule has 108 valence electrons. The number of pyridine rings is 1. The van der Waals surface area contributed by atoms with Gasteiger partial charge in [-0.3, -0.25) is 4.98 Å². The van der Waals surface area contributed by atoms with E-state index in [1.165, 1.54) is 15.6 Å². The first-order valence-corrected chi connectivity index (χ1v) is 8.38. The summed E-state index contributed by atoms with van der Waals surface area (Å²) in [5, 5.41) is 3.01. The molecule has 2 rings (SSSR count). The molecule has 0 spiro atoms. The number of nitrogens with one attached hydrogen (secondary N) is 1. The molecular formula is C13H17N3O2S2. The fourth-order valence-electron chi connectivity index (χ4n) is 1.75. The van der Waals surface area contributed by atoms with Crippen molar-refractivity contribution in [3.8, 4) is 0 Å². The Morgan fingerprint density at radius 2 is 2.15 bits per heavy atom. The molecule has 7 heteroatoms. The molecule has 0 aliphatic carbocycles. The van der Waals surface area contributed by atoms with E-state index in [4.69, 9.17) is 0 Å². The molecule has 0 aromatic carbocycles. The van der Waals surface area contributed by atoms with Gasteiger partial charge in [-0.25, -0.2) is 8.42 Å². The summed E-state index contributed by atoms with van der Waals surface area (Å²) in [5.41, 5.74) is 0.866. The van der Waals surface area contributed by atoms with Crippen LogP contribution in [0.3, 0.4) is 0 Å². The lowest BCUT2D eigenvalue weighted by molar-refractivity contribution is 0.468. The number of sulfonamides is 1. The highest BCUT2D eigenvalue weighted by Gasteiger charge is 2.22. The lowest BCUT2D eigenvalue weighted by Gasteiger charge is -2.15. The van der Waals surface area contributed by atoms with E-state index in [0.717, 1.165) is 10.4 Å². The molecule has 20 heavy (non-hydrogen) atoms. The predicted molar refractivity (Wildman–Crippen MR) is 80.0 cm³/mol. The molecule has 0 aliphatic rings. The SMILES string of the molecule is CNCc1ccc(S(=O)(=O)N(C)Cc2cccnc2)s1. The van der Waals surface area contributed by atoms with E-state index in [9.17, 15) is 8.42 Å². The van der Waals surface area contributed by atoms with Crippen molar-refractivity contribution >= 4 is 21.4 Å². The third-order valence-electron chi connectivity index (χ3n) is 2.78. The molecule has 0 aliphatic heterocycles. The van der Waals surface area contributed by atoms with Crippen molar-refractivity contribution < 1.29 is 8.42 Å². The number of rotatable bonds is 6. The minimum absolute atomic E-state index is 0.315. The highest BCUT2D eigenvalue weighted by atomic mass is 32.2. The Labute approximate surface area is 123 Å². The summed E-state index contributed by atoms with van der Waals surface area (Å²) in [5.74, 6) is 0. The van der Waals surface area contributed by atoms with Gasteiger partial charge < -0.3 is 5.32 Å². The lowest BCUT2D eigenvalue weighted by Crippen LogP contribution is -2.25. The van der Waals surface area contributed by atoms with E-state index in [0.29, 0.717) is 17.3 Å². The van der Waals surface area contributed by atoms with E-state index < -0.39 is 10.0 Å². The first-order chi connectivity index (χ1) is 9.54. The van der Waals surface area contributed by atoms with Gasteiger partial charge >= 0.3 is 0 Å². The van der Waals surface area contributed by atoms with Gasteiger partial charge in [0.2, 0.25) is 0 Å². The quantitative estimate of drug-likeness (QED) is 0.882. The molecule has 0 amide bonds. The van der Waals surface area contributed by atoms with E-state index >= 15 is 0 Å². The van der Waals surface area contributed by atoms with Crippen molar-refractivity contribution in [2.75, 3.05) is 14.1 Å². The average molecular weight is 311 g/mol. The second kappa shape index (κ2) is 6.45. The Hall–Kier alpha value is -1.28. The molecule has 0 atom stereocenters. The Kier molecular flexibility index (Phi) is 4.87. The van der Waals surface area contributed by atoms with Crippen LogP contribution in [-0.4, -0.2) is 31.8 Å². The lowest BCUT2D eigenvalue weighted by atomic mass is 10.3. The maximum absolute atomic E-state index is 12.4. The molecule has 0 bridgehead atoms. The smallest absolute Gasteiger partial charge is 0.252 e. The van der Waals surface area contributed by atoms with Crippen molar-refractivity contribution in [3.05, 3.63) is 47.1 Å². The first-order valence-electron chi connectivity index (χ1n) is 6.12. The fourth-order valence-corrected chi connectivity index (χ4v) is 4.49. The molecule has 0 saturated carbocycles. The normalized spacial score (nSPS) is 11.9. The Morgan fingerprint density at radius 3 is 2.80 bits per heavy atom. The zero-order valence-corrected chi connectivity index (χ0v) is 13.0. The summed E-state index contributed by atoms with van der Waals surface area (Å²) >= 11 is 1.30. The molecule has 0 fully saturated rings. The number of hydrogen-bond donors (Lipinski definition) is 1. The monoisotopic (exact) mass is 311 g/mol. The molecular weight excluding hydrogens is 294 g/mol. The maximum Gasteiger partial charge on any atom is 0.252 e. The van der Waals surface area contributed by atoms with Crippen molar-refractivity contribution in [1.82, 2.24) is 14.6 Å². The molecule has 0 saturated heterocycles. The van der Waals surface area contributed by atoms with Gasteiger partial charge in [-0.05, 0) is 30.8 Å². The zero-order valence-electron chi connectivity index (χ0n) is 11.4. The Morgan fingerprint density at radius 1 is 1.35 bits per heavy atom. The number of thiophene rings is 1. The summed E-state index contributed by atoms with van der Waals surface area (Å²) in [6.07, 6.45) is 3.34. The summed E-state index contributed by atoms with van der Waals surface area (Å²) in [7, 11) is -0.0195. The number of nitrogens with zero attached hydrogens (tertiary/aromatic N) is 2. The fraction of sp³-hybridized carbons (Fsp3) is 0.308. The first kappa shape index (κ1) is 15.1. The Bertz CT molecular complexity index is 653. The molecule has 0 unspecified atom stereocenters. The topological polar surface area (TPSA) is 62.3 Å². The van der Waals surface area contributed by atoms with Gasteiger partial charge in [-0.1, -0.05) is 6.07 Å². The number of aromatic nitrogens is 1. The molecule has 2 aromatic rings. The van der Waals surface area contributed by atoms with Crippen molar-refractivity contribution in [1.29, 1.82) is 0 Å². The van der Waals surface area contributed by atoms with Gasteiger partial charge in [0.1, 0.15) is 4.21 Å². The molecule has 2 heterocycles. The molecule has 1 N–H and O–H groups in total. The van der Waals surface area contributed by atoms with E-state index in [-0.39, 0.29) is 0 Å². The summed E-state index contributed by atoms with van der Waals surface area (Å²) < 4.78 is 26.6. The van der Waals surface area contributed by atoms with E-state index in [1.807, 2.05) is 19.2 Å². The highest BCUT2D eigenvalue weighted by molar-refractivity contribution is 7.91. The van der Waals surface area contributed by atoms with Crippen molar-refractivity contribution in [2.45, 2.75) is 17.3 Å². The minimum Gasteiger partial charge on any atom is -0.315 e. The predicted octanol–water partition coefficient (Wildman–Crippen LogP) is 1.68. The molecule has 5 nitrogen and oxygen atoms in total. The maximum atomic E-state index is 12.4. The van der Waals surface area contributed by atoms with Gasteiger partial charge in [0.15, 0.2) is 0 Å². The second-order valence-corrected chi connectivity index (χ2v) is 7.81. The number of hydrogen-bond acceptors (Lipinski definition) is 5. The van der Waals surface area contributed by atoms with E-state index in [1.54, 1.807) is 31.6 Å². The zero-order chi connectivity index (χ0) is 14.6. The highest BCUT2D eigenvalue weighted by Crippen LogP contribution is 2.25. The van der Waals surface area contributed by atoms with Gasteiger partial charge in [0, 0.05) is 37.4 Å². The van der Waals surface area contributed by atoms with Crippen LogP contribution < -0.4 is 5.32 Å². The summed E-state index contributed by atoms with van der Waals surface area (Å²) in [6.45, 7) is 0.988. The van der Waals surface area contributed by atoms with Crippen molar-refractivity contribution in [3.63, 3.8) is 0 Å². The van der Waals surface area contributed by atoms with Crippen LogP contribution in [0.25, 0.3) is 0 Å². The second-order valence-electron chi connectivity index (χ2n) is 4.37. The standard InChI is InChI=1S/C13H17N3O2S2/c1-14-9-12-5-6-13(19-12)20(17,18)16(2)10-11-4-3-7-15-8-11/h3-8,14H,9-10H2,1-2H3. The van der Waals surface area contributed by atoms with Crippen LogP contribution >= 0.6 is 11.3 Å². The van der Waals surface area contributed by atoms with Crippen molar-refractivity contribution in [2.24, 2.45) is 0 Å².